The molecular weight excluding hydrogens is 141 g/mol. The van der Waals surface area contributed by atoms with Crippen LogP contribution in [0.5, 0.6) is 0 Å². The van der Waals surface area contributed by atoms with Crippen molar-refractivity contribution in [3.63, 3.8) is 0 Å². The highest BCUT2D eigenvalue weighted by Gasteiger charge is 2.11. The Labute approximate surface area is 68.4 Å². The van der Waals surface area contributed by atoms with Crippen molar-refractivity contribution >= 4 is 0 Å². The lowest BCUT2D eigenvalue weighted by molar-refractivity contribution is 0.290. The molecule has 0 saturated carbocycles. The van der Waals surface area contributed by atoms with E-state index < -0.39 is 6.17 Å². The molecule has 1 unspecified atom stereocenters. The van der Waals surface area contributed by atoms with Gasteiger partial charge in [-0.05, 0) is 20.8 Å². The predicted molar refractivity (Wildman–Crippen MR) is 46.1 cm³/mol. The number of alkyl halides is 1. The largest absolute Gasteiger partial charge is 0.309 e. The van der Waals surface area contributed by atoms with E-state index in [1.54, 1.807) is 0 Å². The molecule has 0 aromatic rings. The van der Waals surface area contributed by atoms with Crippen LogP contribution in [-0.2, 0) is 0 Å². The van der Waals surface area contributed by atoms with E-state index >= 15 is 0 Å². The predicted octanol–water partition coefficient (Wildman–Crippen LogP) is 1.74. The molecular formula is C9H16FN. The fourth-order valence-electron chi connectivity index (χ4n) is 0.617. The van der Waals surface area contributed by atoms with Gasteiger partial charge in [0.15, 0.2) is 0 Å². The Bertz CT molecular complexity index is 141. The smallest absolute Gasteiger partial charge is 0.123 e. The van der Waals surface area contributed by atoms with E-state index in [9.17, 15) is 4.39 Å². The van der Waals surface area contributed by atoms with Gasteiger partial charge in [0.25, 0.3) is 0 Å². The average molecular weight is 157 g/mol. The molecule has 0 bridgehead atoms. The molecule has 1 atom stereocenters. The van der Waals surface area contributed by atoms with Crippen LogP contribution in [0.3, 0.4) is 0 Å². The SMILES string of the molecule is C#CCC(F)CNC(C)(C)C. The van der Waals surface area contributed by atoms with Crippen LogP contribution in [0.2, 0.25) is 0 Å². The first-order chi connectivity index (χ1) is 4.95. The summed E-state index contributed by atoms with van der Waals surface area (Å²) in [5, 5.41) is 3.04. The van der Waals surface area contributed by atoms with Crippen molar-refractivity contribution in [3.05, 3.63) is 0 Å². The summed E-state index contributed by atoms with van der Waals surface area (Å²) >= 11 is 0. The molecule has 64 valence electrons. The summed E-state index contributed by atoms with van der Waals surface area (Å²) in [7, 11) is 0. The van der Waals surface area contributed by atoms with Crippen molar-refractivity contribution in [3.8, 4) is 12.3 Å². The Kier molecular flexibility index (Phi) is 4.14. The number of hydrogen-bond acceptors (Lipinski definition) is 1. The Morgan fingerprint density at radius 3 is 2.45 bits per heavy atom. The zero-order chi connectivity index (χ0) is 8.91. The first-order valence-electron chi connectivity index (χ1n) is 3.78. The molecule has 1 N–H and O–H groups in total. The lowest BCUT2D eigenvalue weighted by Gasteiger charge is -2.21. The van der Waals surface area contributed by atoms with Gasteiger partial charge in [0, 0.05) is 18.5 Å². The monoisotopic (exact) mass is 157 g/mol. The zero-order valence-electron chi connectivity index (χ0n) is 7.45. The van der Waals surface area contributed by atoms with E-state index in [1.165, 1.54) is 0 Å². The van der Waals surface area contributed by atoms with Gasteiger partial charge in [-0.2, -0.15) is 0 Å². The Hall–Kier alpha value is -0.550. The van der Waals surface area contributed by atoms with Crippen LogP contribution in [0.15, 0.2) is 0 Å². The van der Waals surface area contributed by atoms with Crippen molar-refractivity contribution in [1.29, 1.82) is 0 Å². The summed E-state index contributed by atoms with van der Waals surface area (Å²) < 4.78 is 12.7. The molecule has 11 heavy (non-hydrogen) atoms. The molecule has 0 heterocycles. The summed E-state index contributed by atoms with van der Waals surface area (Å²) in [5.74, 6) is 2.29. The number of halogens is 1. The summed E-state index contributed by atoms with van der Waals surface area (Å²) in [6.45, 7) is 6.33. The second-order valence-corrected chi connectivity index (χ2v) is 3.64. The normalized spacial score (nSPS) is 14.1. The first kappa shape index (κ1) is 10.4. The summed E-state index contributed by atoms with van der Waals surface area (Å²) in [4.78, 5) is 0. The lowest BCUT2D eigenvalue weighted by atomic mass is 10.1. The number of terminal acetylenes is 1. The maximum Gasteiger partial charge on any atom is 0.123 e. The quantitative estimate of drug-likeness (QED) is 0.615. The van der Waals surface area contributed by atoms with Crippen LogP contribution in [0.4, 0.5) is 4.39 Å². The highest BCUT2D eigenvalue weighted by Crippen LogP contribution is 2.01. The molecule has 0 aliphatic carbocycles. The molecule has 0 aliphatic rings. The van der Waals surface area contributed by atoms with E-state index in [1.807, 2.05) is 20.8 Å². The summed E-state index contributed by atoms with van der Waals surface area (Å²) in [6.07, 6.45) is 4.23. The molecule has 0 amide bonds. The molecule has 0 saturated heterocycles. The van der Waals surface area contributed by atoms with E-state index in [0.29, 0.717) is 6.54 Å². The summed E-state index contributed by atoms with van der Waals surface area (Å²) in [6, 6.07) is 0. The van der Waals surface area contributed by atoms with Crippen LogP contribution in [0.25, 0.3) is 0 Å². The van der Waals surface area contributed by atoms with Crippen molar-refractivity contribution in [2.75, 3.05) is 6.54 Å². The van der Waals surface area contributed by atoms with E-state index in [0.717, 1.165) is 0 Å². The van der Waals surface area contributed by atoms with E-state index in [4.69, 9.17) is 6.42 Å². The standard InChI is InChI=1S/C9H16FN/c1-5-6-8(10)7-11-9(2,3)4/h1,8,11H,6-7H2,2-4H3. The van der Waals surface area contributed by atoms with Crippen LogP contribution >= 0.6 is 0 Å². The van der Waals surface area contributed by atoms with Crippen molar-refractivity contribution in [2.24, 2.45) is 0 Å². The minimum Gasteiger partial charge on any atom is -0.309 e. The number of hydrogen-bond donors (Lipinski definition) is 1. The van der Waals surface area contributed by atoms with Crippen LogP contribution in [0, 0.1) is 12.3 Å². The van der Waals surface area contributed by atoms with Crippen molar-refractivity contribution in [1.82, 2.24) is 5.32 Å². The number of rotatable bonds is 3. The van der Waals surface area contributed by atoms with Crippen molar-refractivity contribution in [2.45, 2.75) is 38.9 Å². The third-order valence-corrected chi connectivity index (χ3v) is 1.19. The van der Waals surface area contributed by atoms with Gasteiger partial charge in [-0.25, -0.2) is 4.39 Å². The molecule has 0 aliphatic heterocycles. The number of nitrogens with one attached hydrogen (secondary N) is 1. The molecule has 1 nitrogen and oxygen atoms in total. The minimum atomic E-state index is -0.917. The van der Waals surface area contributed by atoms with Gasteiger partial charge in [0.1, 0.15) is 6.17 Å². The molecule has 0 aromatic heterocycles. The highest BCUT2D eigenvalue weighted by atomic mass is 19.1. The Morgan fingerprint density at radius 1 is 1.55 bits per heavy atom. The Balaban J connectivity index is 3.48. The van der Waals surface area contributed by atoms with Crippen LogP contribution in [-0.4, -0.2) is 18.3 Å². The van der Waals surface area contributed by atoms with Gasteiger partial charge in [0.2, 0.25) is 0 Å². The van der Waals surface area contributed by atoms with Crippen LogP contribution in [0.1, 0.15) is 27.2 Å². The molecule has 0 rings (SSSR count). The molecule has 0 aromatic carbocycles. The molecule has 0 fully saturated rings. The van der Waals surface area contributed by atoms with E-state index in [2.05, 4.69) is 11.2 Å². The highest BCUT2D eigenvalue weighted by molar-refractivity contribution is 4.88. The zero-order valence-corrected chi connectivity index (χ0v) is 7.45. The third-order valence-electron chi connectivity index (χ3n) is 1.19. The van der Waals surface area contributed by atoms with Crippen molar-refractivity contribution < 1.29 is 4.39 Å². The van der Waals surface area contributed by atoms with E-state index in [-0.39, 0.29) is 12.0 Å². The van der Waals surface area contributed by atoms with Gasteiger partial charge < -0.3 is 5.32 Å². The average Bonchev–Trinajstić information content (AvgIpc) is 1.83. The van der Waals surface area contributed by atoms with Gasteiger partial charge in [-0.3, -0.25) is 0 Å². The van der Waals surface area contributed by atoms with Crippen LogP contribution < -0.4 is 5.32 Å². The maximum atomic E-state index is 12.7. The lowest BCUT2D eigenvalue weighted by Crippen LogP contribution is -2.39. The minimum absolute atomic E-state index is 0.0288. The fourth-order valence-corrected chi connectivity index (χ4v) is 0.617. The first-order valence-corrected chi connectivity index (χ1v) is 3.78. The topological polar surface area (TPSA) is 12.0 Å². The molecule has 0 radical (unpaired) electrons. The van der Waals surface area contributed by atoms with Gasteiger partial charge in [-0.1, -0.05) is 0 Å². The third kappa shape index (κ3) is 7.35. The maximum absolute atomic E-state index is 12.7. The van der Waals surface area contributed by atoms with Gasteiger partial charge in [-0.15, -0.1) is 12.3 Å². The second-order valence-electron chi connectivity index (χ2n) is 3.64. The molecule has 2 heteroatoms. The van der Waals surface area contributed by atoms with Gasteiger partial charge in [0.05, 0.1) is 0 Å². The fraction of sp³-hybridized carbons (Fsp3) is 0.778. The second kappa shape index (κ2) is 4.35. The Morgan fingerprint density at radius 2 is 2.09 bits per heavy atom. The van der Waals surface area contributed by atoms with Gasteiger partial charge >= 0.3 is 0 Å². The molecule has 0 spiro atoms. The summed E-state index contributed by atoms with van der Waals surface area (Å²) in [5.41, 5.74) is -0.0288.